The molecule has 0 radical (unpaired) electrons. The van der Waals surface area contributed by atoms with Gasteiger partial charge in [-0.1, -0.05) is 0 Å². The van der Waals surface area contributed by atoms with Crippen LogP contribution >= 0.6 is 11.3 Å². The quantitative estimate of drug-likeness (QED) is 0.720. The van der Waals surface area contributed by atoms with Crippen LogP contribution in [0.3, 0.4) is 0 Å². The molecule has 2 aliphatic heterocycles. The molecule has 1 aromatic carbocycles. The summed E-state index contributed by atoms with van der Waals surface area (Å²) in [7, 11) is 0. The highest BCUT2D eigenvalue weighted by Gasteiger charge is 2.44. The first-order valence-corrected chi connectivity index (χ1v) is 9.19. The molecule has 2 aliphatic rings. The number of hydrogen-bond acceptors (Lipinski definition) is 5. The average Bonchev–Trinajstić information content (AvgIpc) is 3.33. The van der Waals surface area contributed by atoms with Gasteiger partial charge in [-0.25, -0.2) is 4.98 Å². The van der Waals surface area contributed by atoms with E-state index in [2.05, 4.69) is 20.1 Å². The molecule has 3 aromatic rings. The standard InChI is InChI=1S/C17H17N5OS/c23-17(11-1-4-15-16(7-11)24-10-18-15)21-12-2-3-13(21)9-14(8-12)22-19-5-6-20-22/h1,4-7,10,12-14H,2-3,8-9H2. The van der Waals surface area contributed by atoms with Crippen LogP contribution in [-0.2, 0) is 0 Å². The fourth-order valence-electron chi connectivity index (χ4n) is 4.22. The molecule has 2 atom stereocenters. The Bertz CT molecular complexity index is 875. The normalized spacial score (nSPS) is 26.2. The van der Waals surface area contributed by atoms with Crippen LogP contribution in [0, 0.1) is 0 Å². The Morgan fingerprint density at radius 2 is 1.83 bits per heavy atom. The first-order chi connectivity index (χ1) is 11.8. The number of thiazole rings is 1. The number of fused-ring (bicyclic) bond motifs is 3. The summed E-state index contributed by atoms with van der Waals surface area (Å²) >= 11 is 1.58. The summed E-state index contributed by atoms with van der Waals surface area (Å²) in [6.07, 6.45) is 7.50. The van der Waals surface area contributed by atoms with Crippen LogP contribution in [0.4, 0.5) is 0 Å². The first kappa shape index (κ1) is 14.1. The highest BCUT2D eigenvalue weighted by atomic mass is 32.1. The number of carbonyl (C=O) groups is 1. The van der Waals surface area contributed by atoms with Gasteiger partial charge in [0.05, 0.1) is 34.2 Å². The summed E-state index contributed by atoms with van der Waals surface area (Å²) in [4.78, 5) is 21.3. The third kappa shape index (κ3) is 2.15. The molecule has 0 saturated carbocycles. The topological polar surface area (TPSA) is 63.9 Å². The maximum absolute atomic E-state index is 13.1. The Balaban J connectivity index is 1.42. The van der Waals surface area contributed by atoms with E-state index in [4.69, 9.17) is 0 Å². The highest BCUT2D eigenvalue weighted by molar-refractivity contribution is 7.16. The second kappa shape index (κ2) is 5.37. The zero-order valence-electron chi connectivity index (χ0n) is 13.1. The molecule has 2 unspecified atom stereocenters. The fourth-order valence-corrected chi connectivity index (χ4v) is 4.94. The molecule has 0 N–H and O–H groups in total. The Labute approximate surface area is 143 Å². The number of aromatic nitrogens is 4. The van der Waals surface area contributed by atoms with Gasteiger partial charge in [-0.15, -0.1) is 11.3 Å². The molecule has 122 valence electrons. The van der Waals surface area contributed by atoms with Gasteiger partial charge in [0.25, 0.3) is 5.91 Å². The van der Waals surface area contributed by atoms with Crippen molar-refractivity contribution in [3.05, 3.63) is 41.7 Å². The zero-order chi connectivity index (χ0) is 16.1. The van der Waals surface area contributed by atoms with Crippen LogP contribution in [0.2, 0.25) is 0 Å². The van der Waals surface area contributed by atoms with E-state index in [-0.39, 0.29) is 5.91 Å². The van der Waals surface area contributed by atoms with Crippen molar-refractivity contribution >= 4 is 27.5 Å². The van der Waals surface area contributed by atoms with Crippen molar-refractivity contribution in [2.24, 2.45) is 0 Å². The van der Waals surface area contributed by atoms with Gasteiger partial charge in [0.1, 0.15) is 0 Å². The lowest BCUT2D eigenvalue weighted by Crippen LogP contribution is -2.47. The van der Waals surface area contributed by atoms with Crippen molar-refractivity contribution in [2.45, 2.75) is 43.8 Å². The van der Waals surface area contributed by atoms with Gasteiger partial charge in [-0.05, 0) is 43.9 Å². The smallest absolute Gasteiger partial charge is 0.254 e. The Morgan fingerprint density at radius 3 is 2.58 bits per heavy atom. The molecule has 0 aliphatic carbocycles. The van der Waals surface area contributed by atoms with Gasteiger partial charge in [0, 0.05) is 17.6 Å². The molecule has 6 nitrogen and oxygen atoms in total. The molecule has 0 spiro atoms. The lowest BCUT2D eigenvalue weighted by atomic mass is 9.96. The largest absolute Gasteiger partial charge is 0.333 e. The van der Waals surface area contributed by atoms with E-state index in [9.17, 15) is 4.79 Å². The van der Waals surface area contributed by atoms with Crippen molar-refractivity contribution in [1.82, 2.24) is 24.9 Å². The average molecular weight is 339 g/mol. The zero-order valence-corrected chi connectivity index (χ0v) is 13.9. The highest BCUT2D eigenvalue weighted by Crippen LogP contribution is 2.41. The van der Waals surface area contributed by atoms with E-state index in [0.717, 1.165) is 41.5 Å². The minimum absolute atomic E-state index is 0.157. The predicted molar refractivity (Wildman–Crippen MR) is 90.9 cm³/mol. The van der Waals surface area contributed by atoms with Crippen LogP contribution in [0.5, 0.6) is 0 Å². The van der Waals surface area contributed by atoms with Gasteiger partial charge in [-0.2, -0.15) is 15.0 Å². The molecule has 4 heterocycles. The van der Waals surface area contributed by atoms with Crippen LogP contribution in [0.15, 0.2) is 36.1 Å². The monoisotopic (exact) mass is 339 g/mol. The second-order valence-electron chi connectivity index (χ2n) is 6.61. The van der Waals surface area contributed by atoms with E-state index in [1.165, 1.54) is 0 Å². The Kier molecular flexibility index (Phi) is 3.16. The van der Waals surface area contributed by atoms with E-state index in [1.807, 2.05) is 28.5 Å². The lowest BCUT2D eigenvalue weighted by Gasteiger charge is -2.38. The van der Waals surface area contributed by atoms with E-state index >= 15 is 0 Å². The molecular weight excluding hydrogens is 322 g/mol. The molecule has 1 amide bonds. The van der Waals surface area contributed by atoms with Crippen molar-refractivity contribution in [2.75, 3.05) is 0 Å². The molecule has 2 fully saturated rings. The third-order valence-electron chi connectivity index (χ3n) is 5.28. The number of benzene rings is 1. The van der Waals surface area contributed by atoms with Crippen molar-refractivity contribution in [1.29, 1.82) is 0 Å². The van der Waals surface area contributed by atoms with Gasteiger partial charge in [-0.3, -0.25) is 4.79 Å². The Morgan fingerprint density at radius 1 is 1.08 bits per heavy atom. The molecule has 7 heteroatoms. The second-order valence-corrected chi connectivity index (χ2v) is 7.49. The summed E-state index contributed by atoms with van der Waals surface area (Å²) < 4.78 is 1.07. The summed E-state index contributed by atoms with van der Waals surface area (Å²) in [6.45, 7) is 0. The number of carbonyl (C=O) groups excluding carboxylic acids is 1. The number of hydrogen-bond donors (Lipinski definition) is 0. The first-order valence-electron chi connectivity index (χ1n) is 8.31. The summed E-state index contributed by atoms with van der Waals surface area (Å²) in [5.74, 6) is 0.157. The van der Waals surface area contributed by atoms with Crippen molar-refractivity contribution < 1.29 is 4.79 Å². The number of rotatable bonds is 2. The fraction of sp³-hybridized carbons (Fsp3) is 0.412. The van der Waals surface area contributed by atoms with Gasteiger partial charge >= 0.3 is 0 Å². The number of piperidine rings is 1. The van der Waals surface area contributed by atoms with Crippen LogP contribution < -0.4 is 0 Å². The molecule has 2 saturated heterocycles. The lowest BCUT2D eigenvalue weighted by molar-refractivity contribution is 0.0512. The minimum Gasteiger partial charge on any atom is -0.333 e. The van der Waals surface area contributed by atoms with Crippen molar-refractivity contribution in [3.63, 3.8) is 0 Å². The maximum atomic E-state index is 13.1. The van der Waals surface area contributed by atoms with Crippen LogP contribution in [0.25, 0.3) is 10.2 Å². The van der Waals surface area contributed by atoms with E-state index in [0.29, 0.717) is 18.1 Å². The maximum Gasteiger partial charge on any atom is 0.254 e. The number of nitrogens with zero attached hydrogens (tertiary/aromatic N) is 5. The summed E-state index contributed by atoms with van der Waals surface area (Å²) in [5, 5.41) is 8.58. The summed E-state index contributed by atoms with van der Waals surface area (Å²) in [6, 6.07) is 6.74. The molecule has 2 bridgehead atoms. The number of amides is 1. The van der Waals surface area contributed by atoms with Gasteiger partial charge in [0.2, 0.25) is 0 Å². The Hall–Kier alpha value is -2.28. The van der Waals surface area contributed by atoms with Crippen LogP contribution in [0.1, 0.15) is 42.1 Å². The summed E-state index contributed by atoms with van der Waals surface area (Å²) in [5.41, 5.74) is 3.56. The van der Waals surface area contributed by atoms with Crippen LogP contribution in [-0.4, -0.2) is 42.9 Å². The molecule has 24 heavy (non-hydrogen) atoms. The minimum atomic E-state index is 0.157. The molecular formula is C17H17N5OS. The van der Waals surface area contributed by atoms with Gasteiger partial charge < -0.3 is 4.90 Å². The molecule has 5 rings (SSSR count). The van der Waals surface area contributed by atoms with E-state index < -0.39 is 0 Å². The SMILES string of the molecule is O=C(c1ccc2ncsc2c1)N1C2CCC1CC(n1nccn1)C2. The third-order valence-corrected chi connectivity index (χ3v) is 6.08. The molecule has 2 aromatic heterocycles. The predicted octanol–water partition coefficient (Wildman–Crippen LogP) is 2.90. The van der Waals surface area contributed by atoms with E-state index in [1.54, 1.807) is 23.7 Å². The van der Waals surface area contributed by atoms with Crippen molar-refractivity contribution in [3.8, 4) is 0 Å². The van der Waals surface area contributed by atoms with Gasteiger partial charge in [0.15, 0.2) is 0 Å².